The molecular formula is C13H17N5O2S4. The van der Waals surface area contributed by atoms with Crippen LogP contribution in [-0.4, -0.2) is 51.3 Å². The fourth-order valence-corrected chi connectivity index (χ4v) is 5.30. The van der Waals surface area contributed by atoms with E-state index in [-0.39, 0.29) is 4.90 Å². The van der Waals surface area contributed by atoms with E-state index < -0.39 is 10.0 Å². The minimum atomic E-state index is -3.79. The molecule has 0 radical (unpaired) electrons. The van der Waals surface area contributed by atoms with Crippen LogP contribution < -0.4 is 14.6 Å². The molecule has 2 rings (SSSR count). The summed E-state index contributed by atoms with van der Waals surface area (Å²) >= 11 is 5.19. The molecule has 24 heavy (non-hydrogen) atoms. The maximum Gasteiger partial charge on any atom is 0.285 e. The van der Waals surface area contributed by atoms with Gasteiger partial charge in [-0.1, -0.05) is 18.2 Å². The van der Waals surface area contributed by atoms with Crippen molar-refractivity contribution in [3.8, 4) is 0 Å². The molecule has 0 atom stereocenters. The van der Waals surface area contributed by atoms with Crippen LogP contribution in [-0.2, 0) is 10.0 Å². The Morgan fingerprint density at radius 3 is 2.21 bits per heavy atom. The quantitative estimate of drug-likeness (QED) is 0.561. The third-order valence-corrected chi connectivity index (χ3v) is 6.67. The maximum atomic E-state index is 12.5. The molecule has 1 heterocycles. The number of aromatic nitrogens is 1. The van der Waals surface area contributed by atoms with Gasteiger partial charge in [-0.3, -0.25) is 0 Å². The predicted molar refractivity (Wildman–Crippen MR) is 101 cm³/mol. The van der Waals surface area contributed by atoms with E-state index >= 15 is 0 Å². The Hall–Kier alpha value is -1.56. The van der Waals surface area contributed by atoms with Gasteiger partial charge in [0.2, 0.25) is 9.60 Å². The molecule has 0 aliphatic carbocycles. The second-order valence-electron chi connectivity index (χ2n) is 5.06. The first-order chi connectivity index (χ1) is 11.2. The molecule has 0 spiro atoms. The zero-order chi connectivity index (χ0) is 17.9. The third kappa shape index (κ3) is 4.29. The third-order valence-electron chi connectivity index (χ3n) is 2.77. The van der Waals surface area contributed by atoms with Gasteiger partial charge in [0.05, 0.1) is 4.90 Å². The number of hydrogen-bond donors (Lipinski definition) is 0. The Kier molecular flexibility index (Phi) is 5.91. The lowest BCUT2D eigenvalue weighted by Crippen LogP contribution is -2.42. The second-order valence-corrected chi connectivity index (χ2v) is 9.09. The highest BCUT2D eigenvalue weighted by molar-refractivity contribution is 7.90. The van der Waals surface area contributed by atoms with Gasteiger partial charge in [-0.2, -0.15) is 13.4 Å². The lowest BCUT2D eigenvalue weighted by atomic mass is 10.4. The van der Waals surface area contributed by atoms with Gasteiger partial charge >= 0.3 is 0 Å². The van der Waals surface area contributed by atoms with Crippen molar-refractivity contribution in [3.63, 3.8) is 0 Å². The highest BCUT2D eigenvalue weighted by Crippen LogP contribution is 2.10. The highest BCUT2D eigenvalue weighted by atomic mass is 32.9. The molecule has 130 valence electrons. The van der Waals surface area contributed by atoms with Crippen LogP contribution >= 0.6 is 32.9 Å². The smallest absolute Gasteiger partial charge is 0.285 e. The largest absolute Gasteiger partial charge is 0.353 e. The van der Waals surface area contributed by atoms with E-state index in [1.807, 2.05) is 0 Å². The van der Waals surface area contributed by atoms with Gasteiger partial charge in [0.15, 0.2) is 5.11 Å². The first-order valence-electron chi connectivity index (χ1n) is 6.74. The lowest BCUT2D eigenvalue weighted by molar-refractivity contribution is 0.594. The number of benzene rings is 1. The van der Waals surface area contributed by atoms with Gasteiger partial charge in [0.25, 0.3) is 10.0 Å². The van der Waals surface area contributed by atoms with E-state index in [1.165, 1.54) is 32.8 Å². The fourth-order valence-electron chi connectivity index (χ4n) is 1.62. The monoisotopic (exact) mass is 403 g/mol. The Morgan fingerprint density at radius 1 is 1.08 bits per heavy atom. The average Bonchev–Trinajstić information content (AvgIpc) is 2.89. The van der Waals surface area contributed by atoms with Gasteiger partial charge in [-0.25, -0.2) is 4.68 Å². The first kappa shape index (κ1) is 18.8. The Morgan fingerprint density at radius 2 is 1.67 bits per heavy atom. The van der Waals surface area contributed by atoms with Gasteiger partial charge in [-0.05, 0) is 45.0 Å². The molecule has 0 unspecified atom stereocenters. The molecule has 0 saturated carbocycles. The molecule has 0 aliphatic heterocycles. The summed E-state index contributed by atoms with van der Waals surface area (Å²) in [6.07, 6.45) is 0. The Balaban J connectivity index is 2.64. The lowest BCUT2D eigenvalue weighted by Gasteiger charge is -2.14. The highest BCUT2D eigenvalue weighted by Gasteiger charge is 2.14. The molecule has 11 heteroatoms. The van der Waals surface area contributed by atoms with Crippen LogP contribution in [0.3, 0.4) is 0 Å². The molecule has 0 aliphatic rings. The van der Waals surface area contributed by atoms with Crippen LogP contribution in [0, 0.1) is 0 Å². The molecule has 1 aromatic carbocycles. The number of nitrogens with zero attached hydrogens (tertiary/aromatic N) is 5. The molecule has 0 bridgehead atoms. The van der Waals surface area contributed by atoms with Crippen molar-refractivity contribution in [1.29, 1.82) is 0 Å². The SMILES string of the molecule is CN(C)C(=S)/N=c1\ss/c(=N\S(=O)(=O)c2ccccc2)n1N(C)C. The van der Waals surface area contributed by atoms with E-state index in [0.29, 0.717) is 14.7 Å². The average molecular weight is 404 g/mol. The molecule has 0 saturated heterocycles. The van der Waals surface area contributed by atoms with Gasteiger partial charge in [-0.15, -0.1) is 4.40 Å². The van der Waals surface area contributed by atoms with E-state index in [4.69, 9.17) is 12.2 Å². The van der Waals surface area contributed by atoms with E-state index in [2.05, 4.69) is 9.39 Å². The predicted octanol–water partition coefficient (Wildman–Crippen LogP) is 0.846. The van der Waals surface area contributed by atoms with E-state index in [0.717, 1.165) is 0 Å². The molecule has 1 aromatic heterocycles. The van der Waals surface area contributed by atoms with Crippen LogP contribution in [0.1, 0.15) is 0 Å². The topological polar surface area (TPSA) is 70.3 Å². The fraction of sp³-hybridized carbons (Fsp3) is 0.308. The normalized spacial score (nSPS) is 13.2. The standard InChI is InChI=1S/C13H17N5O2S4/c1-16(2)11(21)14-12-18(17(3)4)13(23-22-12)15-24(19,20)10-8-6-5-7-9-10/h5-9H,1-4H3/b14-12-,15-13-. The number of hydrogen-bond acceptors (Lipinski definition) is 6. The molecule has 0 amide bonds. The molecule has 7 nitrogen and oxygen atoms in total. The first-order valence-corrected chi connectivity index (χ1v) is 10.7. The molecule has 0 N–H and O–H groups in total. The van der Waals surface area contributed by atoms with Crippen molar-refractivity contribution in [1.82, 2.24) is 9.58 Å². The molecule has 2 aromatic rings. The minimum absolute atomic E-state index is 0.149. The summed E-state index contributed by atoms with van der Waals surface area (Å²) < 4.78 is 30.5. The van der Waals surface area contributed by atoms with Crippen LogP contribution in [0.4, 0.5) is 0 Å². The zero-order valence-corrected chi connectivity index (χ0v) is 16.8. The summed E-state index contributed by atoms with van der Waals surface area (Å²) in [5.74, 6) is 0. The van der Waals surface area contributed by atoms with Crippen LogP contribution in [0.2, 0.25) is 0 Å². The van der Waals surface area contributed by atoms with Gasteiger partial charge in [0.1, 0.15) is 0 Å². The molecular weight excluding hydrogens is 386 g/mol. The maximum absolute atomic E-state index is 12.5. The van der Waals surface area contributed by atoms with E-state index in [9.17, 15) is 8.42 Å². The van der Waals surface area contributed by atoms with Gasteiger partial charge < -0.3 is 9.91 Å². The number of sulfonamides is 1. The number of rotatable bonds is 3. The van der Waals surface area contributed by atoms with E-state index in [1.54, 1.807) is 61.0 Å². The summed E-state index contributed by atoms with van der Waals surface area (Å²) in [5.41, 5.74) is 0. The summed E-state index contributed by atoms with van der Waals surface area (Å²) in [6.45, 7) is 0. The van der Waals surface area contributed by atoms with Crippen molar-refractivity contribution >= 4 is 48.0 Å². The number of thiocarbonyl (C=S) groups is 1. The Labute approximate surface area is 153 Å². The van der Waals surface area contributed by atoms with Crippen molar-refractivity contribution < 1.29 is 8.42 Å². The van der Waals surface area contributed by atoms with Crippen LogP contribution in [0.15, 0.2) is 44.6 Å². The van der Waals surface area contributed by atoms with Crippen molar-refractivity contribution in [2.75, 3.05) is 33.2 Å². The molecule has 0 fully saturated rings. The summed E-state index contributed by atoms with van der Waals surface area (Å²) in [7, 11) is 5.91. The summed E-state index contributed by atoms with van der Waals surface area (Å²) in [4.78, 5) is 7.09. The van der Waals surface area contributed by atoms with Crippen molar-refractivity contribution in [2.45, 2.75) is 4.90 Å². The Bertz CT molecular complexity index is 952. The minimum Gasteiger partial charge on any atom is -0.353 e. The zero-order valence-electron chi connectivity index (χ0n) is 13.6. The summed E-state index contributed by atoms with van der Waals surface area (Å²) in [6, 6.07) is 8.11. The second kappa shape index (κ2) is 7.55. The van der Waals surface area contributed by atoms with Crippen LogP contribution in [0.5, 0.6) is 0 Å². The van der Waals surface area contributed by atoms with Crippen LogP contribution in [0.25, 0.3) is 0 Å². The van der Waals surface area contributed by atoms with Crippen molar-refractivity contribution in [2.24, 2.45) is 9.39 Å². The summed E-state index contributed by atoms with van der Waals surface area (Å²) in [5, 5.41) is 2.11. The van der Waals surface area contributed by atoms with Crippen molar-refractivity contribution in [3.05, 3.63) is 39.9 Å². The van der Waals surface area contributed by atoms with Gasteiger partial charge in [0, 0.05) is 28.2 Å².